The highest BCUT2D eigenvalue weighted by atomic mass is 32.2. The molecule has 3 atom stereocenters. The highest BCUT2D eigenvalue weighted by Gasteiger charge is 2.35. The molecule has 1 fully saturated rings. The van der Waals surface area contributed by atoms with Gasteiger partial charge in [0.25, 0.3) is 0 Å². The first kappa shape index (κ1) is 15.7. The fourth-order valence-electron chi connectivity index (χ4n) is 2.88. The fourth-order valence-corrected chi connectivity index (χ4v) is 3.68. The molecule has 2 rings (SSSR count). The van der Waals surface area contributed by atoms with Gasteiger partial charge in [-0.1, -0.05) is 18.2 Å². The van der Waals surface area contributed by atoms with Gasteiger partial charge in [-0.25, -0.2) is 0 Å². The van der Waals surface area contributed by atoms with Crippen LogP contribution in [0.3, 0.4) is 0 Å². The maximum Gasteiger partial charge on any atom is 0.416 e. The first-order chi connectivity index (χ1) is 9.41. The average Bonchev–Trinajstić information content (AvgIpc) is 2.85. The second kappa shape index (κ2) is 6.39. The number of hydrogen-bond acceptors (Lipinski definition) is 2. The molecule has 1 aromatic carbocycles. The fraction of sp³-hybridized carbons (Fsp3) is 0.600. The van der Waals surface area contributed by atoms with Gasteiger partial charge in [0.1, 0.15) is 0 Å². The monoisotopic (exact) mass is 303 g/mol. The van der Waals surface area contributed by atoms with E-state index in [9.17, 15) is 13.2 Å². The Labute approximate surface area is 122 Å². The Bertz CT molecular complexity index is 447. The molecule has 0 aliphatic heterocycles. The Morgan fingerprint density at radius 1 is 1.25 bits per heavy atom. The molecule has 0 bridgehead atoms. The number of alkyl halides is 3. The molecule has 1 N–H and O–H groups in total. The summed E-state index contributed by atoms with van der Waals surface area (Å²) in [6, 6.07) is 5.89. The number of hydrogen-bond donors (Lipinski definition) is 1. The number of rotatable bonds is 4. The van der Waals surface area contributed by atoms with Crippen molar-refractivity contribution in [2.75, 3.05) is 6.26 Å². The van der Waals surface area contributed by atoms with Gasteiger partial charge in [0.05, 0.1) is 5.56 Å². The van der Waals surface area contributed by atoms with Crippen molar-refractivity contribution >= 4 is 11.8 Å². The van der Waals surface area contributed by atoms with Crippen LogP contribution >= 0.6 is 11.8 Å². The second-order valence-electron chi connectivity index (χ2n) is 5.34. The maximum absolute atomic E-state index is 13.0. The van der Waals surface area contributed by atoms with E-state index in [-0.39, 0.29) is 6.04 Å². The summed E-state index contributed by atoms with van der Waals surface area (Å²) >= 11 is 1.85. The van der Waals surface area contributed by atoms with Gasteiger partial charge < -0.3 is 5.32 Å². The minimum atomic E-state index is -4.29. The molecule has 112 valence electrons. The first-order valence-electron chi connectivity index (χ1n) is 6.86. The quantitative estimate of drug-likeness (QED) is 0.869. The molecule has 1 saturated carbocycles. The van der Waals surface area contributed by atoms with E-state index < -0.39 is 11.7 Å². The molecule has 0 saturated heterocycles. The van der Waals surface area contributed by atoms with Crippen LogP contribution in [0.2, 0.25) is 0 Å². The predicted molar refractivity (Wildman–Crippen MR) is 77.9 cm³/mol. The Hall–Kier alpha value is -0.680. The predicted octanol–water partition coefficient (Wildman–Crippen LogP) is 4.64. The first-order valence-corrected chi connectivity index (χ1v) is 8.15. The lowest BCUT2D eigenvalue weighted by Gasteiger charge is -2.23. The Morgan fingerprint density at radius 3 is 2.55 bits per heavy atom. The van der Waals surface area contributed by atoms with Crippen LogP contribution in [0.25, 0.3) is 0 Å². The summed E-state index contributed by atoms with van der Waals surface area (Å²) in [7, 11) is 0. The highest BCUT2D eigenvalue weighted by Crippen LogP contribution is 2.35. The van der Waals surface area contributed by atoms with Crippen molar-refractivity contribution in [3.63, 3.8) is 0 Å². The largest absolute Gasteiger partial charge is 0.416 e. The summed E-state index contributed by atoms with van der Waals surface area (Å²) in [6.07, 6.45) is 1.04. The van der Waals surface area contributed by atoms with Crippen LogP contribution in [-0.2, 0) is 6.18 Å². The summed E-state index contributed by atoms with van der Waals surface area (Å²) < 4.78 is 39.0. The van der Waals surface area contributed by atoms with Gasteiger partial charge in [0.15, 0.2) is 0 Å². The van der Waals surface area contributed by atoms with Gasteiger partial charge in [-0.15, -0.1) is 0 Å². The topological polar surface area (TPSA) is 12.0 Å². The van der Waals surface area contributed by atoms with Gasteiger partial charge in [-0.2, -0.15) is 24.9 Å². The molecule has 0 amide bonds. The van der Waals surface area contributed by atoms with Crippen molar-refractivity contribution in [3.8, 4) is 0 Å². The highest BCUT2D eigenvalue weighted by molar-refractivity contribution is 7.99. The van der Waals surface area contributed by atoms with E-state index in [1.807, 2.05) is 18.7 Å². The molecule has 1 aromatic rings. The number of nitrogens with one attached hydrogen (secondary N) is 1. The smallest absolute Gasteiger partial charge is 0.307 e. The number of thioether (sulfide) groups is 1. The Morgan fingerprint density at radius 2 is 1.95 bits per heavy atom. The van der Waals surface area contributed by atoms with Crippen molar-refractivity contribution in [2.24, 2.45) is 0 Å². The normalized spacial score (nSPS) is 24.9. The van der Waals surface area contributed by atoms with E-state index in [2.05, 4.69) is 11.6 Å². The van der Waals surface area contributed by atoms with Crippen molar-refractivity contribution in [1.82, 2.24) is 5.32 Å². The SMILES string of the molecule is CSC1CCC(NC(C)c2ccccc2C(F)(F)F)C1. The van der Waals surface area contributed by atoms with Crippen molar-refractivity contribution in [3.05, 3.63) is 35.4 Å². The zero-order chi connectivity index (χ0) is 14.8. The lowest BCUT2D eigenvalue weighted by Crippen LogP contribution is -2.30. The summed E-state index contributed by atoms with van der Waals surface area (Å²) in [5, 5.41) is 4.00. The summed E-state index contributed by atoms with van der Waals surface area (Å²) in [4.78, 5) is 0. The summed E-state index contributed by atoms with van der Waals surface area (Å²) in [5.74, 6) is 0. The molecule has 0 aromatic heterocycles. The molecule has 20 heavy (non-hydrogen) atoms. The molecule has 1 nitrogen and oxygen atoms in total. The maximum atomic E-state index is 13.0. The third-order valence-corrected chi connectivity index (χ3v) is 5.03. The zero-order valence-corrected chi connectivity index (χ0v) is 12.5. The molecule has 1 aliphatic rings. The van der Waals surface area contributed by atoms with E-state index >= 15 is 0 Å². The zero-order valence-electron chi connectivity index (χ0n) is 11.7. The number of benzene rings is 1. The second-order valence-corrected chi connectivity index (χ2v) is 6.48. The van der Waals surface area contributed by atoms with Crippen molar-refractivity contribution in [1.29, 1.82) is 0 Å². The molecule has 3 unspecified atom stereocenters. The lowest BCUT2D eigenvalue weighted by atomic mass is 10.00. The minimum absolute atomic E-state index is 0.279. The summed E-state index contributed by atoms with van der Waals surface area (Å²) in [6.45, 7) is 1.82. The van der Waals surface area contributed by atoms with Gasteiger partial charge in [-0.3, -0.25) is 0 Å². The molecule has 0 spiro atoms. The van der Waals surface area contributed by atoms with E-state index in [0.717, 1.165) is 25.3 Å². The lowest BCUT2D eigenvalue weighted by molar-refractivity contribution is -0.138. The van der Waals surface area contributed by atoms with Gasteiger partial charge >= 0.3 is 6.18 Å². The van der Waals surface area contributed by atoms with Crippen molar-refractivity contribution in [2.45, 2.75) is 49.7 Å². The van der Waals surface area contributed by atoms with Crippen LogP contribution in [0.5, 0.6) is 0 Å². The Balaban J connectivity index is 2.08. The van der Waals surface area contributed by atoms with Gasteiger partial charge in [-0.05, 0) is 44.1 Å². The van der Waals surface area contributed by atoms with Crippen LogP contribution in [0, 0.1) is 0 Å². The third kappa shape index (κ3) is 3.70. The molecule has 5 heteroatoms. The van der Waals surface area contributed by atoms with E-state index in [4.69, 9.17) is 0 Å². The van der Waals surface area contributed by atoms with E-state index in [1.165, 1.54) is 6.07 Å². The average molecular weight is 303 g/mol. The van der Waals surface area contributed by atoms with Gasteiger partial charge in [0.2, 0.25) is 0 Å². The molecular weight excluding hydrogens is 283 g/mol. The molecular formula is C15H20F3NS. The third-order valence-electron chi connectivity index (χ3n) is 3.94. The van der Waals surface area contributed by atoms with Crippen LogP contribution in [0.1, 0.15) is 43.4 Å². The minimum Gasteiger partial charge on any atom is -0.307 e. The van der Waals surface area contributed by atoms with Gasteiger partial charge in [0, 0.05) is 17.3 Å². The standard InChI is InChI=1S/C15H20F3NS/c1-10(19-11-7-8-12(9-11)20-2)13-5-3-4-6-14(13)15(16,17)18/h3-6,10-12,19H,7-9H2,1-2H3. The van der Waals surface area contributed by atoms with E-state index in [1.54, 1.807) is 12.1 Å². The molecule has 1 aliphatic carbocycles. The van der Waals surface area contributed by atoms with E-state index in [0.29, 0.717) is 16.9 Å². The Kier molecular flexibility index (Phi) is 5.02. The van der Waals surface area contributed by atoms with Crippen LogP contribution in [0.15, 0.2) is 24.3 Å². The van der Waals surface area contributed by atoms with Crippen LogP contribution in [-0.4, -0.2) is 17.5 Å². The number of halogens is 3. The molecule has 0 radical (unpaired) electrons. The van der Waals surface area contributed by atoms with Crippen molar-refractivity contribution < 1.29 is 13.2 Å². The van der Waals surface area contributed by atoms with Crippen LogP contribution < -0.4 is 5.32 Å². The van der Waals surface area contributed by atoms with Crippen LogP contribution in [0.4, 0.5) is 13.2 Å². The molecule has 0 heterocycles. The summed E-state index contributed by atoms with van der Waals surface area (Å²) in [5.41, 5.74) is -0.188.